The van der Waals surface area contributed by atoms with Gasteiger partial charge in [0.25, 0.3) is 0 Å². The number of ketones is 1. The third-order valence-electron chi connectivity index (χ3n) is 3.20. The topological polar surface area (TPSA) is 32.9 Å². The minimum absolute atomic E-state index is 0.0517. The van der Waals surface area contributed by atoms with Crippen molar-refractivity contribution in [1.82, 2.24) is 4.98 Å². The lowest BCUT2D eigenvalue weighted by Gasteiger charge is -2.01. The maximum absolute atomic E-state index is 13.1. The van der Waals surface area contributed by atoms with Gasteiger partial charge in [0.2, 0.25) is 0 Å². The molecule has 0 spiro atoms. The molecular formula is C16H11ClFNO. The summed E-state index contributed by atoms with van der Waals surface area (Å²) in [4.78, 5) is 15.3. The number of carbonyl (C=O) groups excluding carboxylic acids is 1. The number of fused-ring (bicyclic) bond motifs is 1. The molecule has 1 aromatic heterocycles. The molecule has 2 aromatic carbocycles. The molecule has 0 aliphatic rings. The Bertz CT molecular complexity index is 794. The van der Waals surface area contributed by atoms with Crippen LogP contribution in [0.25, 0.3) is 10.9 Å². The second kappa shape index (κ2) is 5.10. The number of hydrogen-bond donors (Lipinski definition) is 1. The van der Waals surface area contributed by atoms with Crippen molar-refractivity contribution in [3.8, 4) is 0 Å². The first-order chi connectivity index (χ1) is 9.63. The highest BCUT2D eigenvalue weighted by Crippen LogP contribution is 2.23. The molecule has 0 aliphatic carbocycles. The molecule has 2 nitrogen and oxygen atoms in total. The molecule has 0 atom stereocenters. The number of aromatic amines is 1. The fourth-order valence-corrected chi connectivity index (χ4v) is 2.43. The van der Waals surface area contributed by atoms with Crippen LogP contribution in [0.1, 0.15) is 15.9 Å². The number of nitrogens with one attached hydrogen (secondary N) is 1. The Hall–Kier alpha value is -2.13. The molecule has 1 N–H and O–H groups in total. The van der Waals surface area contributed by atoms with E-state index in [1.165, 1.54) is 12.1 Å². The van der Waals surface area contributed by atoms with Gasteiger partial charge in [-0.05, 0) is 29.8 Å². The first-order valence-electron chi connectivity index (χ1n) is 6.18. The second-order valence-electron chi connectivity index (χ2n) is 4.62. The molecular weight excluding hydrogens is 277 g/mol. The highest BCUT2D eigenvalue weighted by Gasteiger charge is 2.13. The second-order valence-corrected chi connectivity index (χ2v) is 5.06. The molecule has 0 unspecified atom stereocenters. The van der Waals surface area contributed by atoms with Crippen LogP contribution < -0.4 is 0 Å². The van der Waals surface area contributed by atoms with E-state index in [2.05, 4.69) is 4.98 Å². The van der Waals surface area contributed by atoms with E-state index in [1.807, 2.05) is 6.07 Å². The Morgan fingerprint density at radius 3 is 2.85 bits per heavy atom. The Kier molecular flexibility index (Phi) is 3.28. The smallest absolute Gasteiger partial charge is 0.169 e. The Morgan fingerprint density at radius 1 is 1.20 bits per heavy atom. The van der Waals surface area contributed by atoms with E-state index < -0.39 is 0 Å². The van der Waals surface area contributed by atoms with Crippen molar-refractivity contribution in [3.05, 3.63) is 70.6 Å². The zero-order chi connectivity index (χ0) is 14.1. The van der Waals surface area contributed by atoms with E-state index in [1.54, 1.807) is 30.5 Å². The molecule has 3 aromatic rings. The molecule has 20 heavy (non-hydrogen) atoms. The van der Waals surface area contributed by atoms with Gasteiger partial charge in [-0.1, -0.05) is 29.8 Å². The predicted octanol–water partition coefficient (Wildman–Crippen LogP) is 4.39. The van der Waals surface area contributed by atoms with Crippen molar-refractivity contribution in [3.63, 3.8) is 0 Å². The third kappa shape index (κ3) is 2.45. The van der Waals surface area contributed by atoms with Gasteiger partial charge in [-0.15, -0.1) is 0 Å². The monoisotopic (exact) mass is 287 g/mol. The van der Waals surface area contributed by atoms with Crippen LogP contribution in [-0.2, 0) is 6.42 Å². The van der Waals surface area contributed by atoms with Gasteiger partial charge < -0.3 is 4.98 Å². The Balaban J connectivity index is 1.93. The van der Waals surface area contributed by atoms with Crippen LogP contribution in [0.5, 0.6) is 0 Å². The predicted molar refractivity (Wildman–Crippen MR) is 77.7 cm³/mol. The van der Waals surface area contributed by atoms with Crippen LogP contribution in [0.2, 0.25) is 5.02 Å². The zero-order valence-electron chi connectivity index (χ0n) is 10.5. The number of Topliss-reactive ketones (excluding diaryl/α,β-unsaturated/α-hetero) is 1. The van der Waals surface area contributed by atoms with Crippen molar-refractivity contribution in [2.45, 2.75) is 6.42 Å². The summed E-state index contributed by atoms with van der Waals surface area (Å²) in [5.41, 5.74) is 2.08. The Morgan fingerprint density at radius 2 is 2.05 bits per heavy atom. The van der Waals surface area contributed by atoms with Crippen molar-refractivity contribution in [2.75, 3.05) is 0 Å². The van der Waals surface area contributed by atoms with Crippen LogP contribution in [0.15, 0.2) is 48.7 Å². The molecule has 0 fully saturated rings. The minimum Gasteiger partial charge on any atom is -0.360 e. The van der Waals surface area contributed by atoms with Crippen molar-refractivity contribution in [2.24, 2.45) is 0 Å². The SMILES string of the molecule is O=C(Cc1cccc(F)c1)c1c[nH]c2cc(Cl)ccc12. The number of benzene rings is 2. The lowest BCUT2D eigenvalue weighted by atomic mass is 10.0. The summed E-state index contributed by atoms with van der Waals surface area (Å²) in [7, 11) is 0. The number of H-pyrrole nitrogens is 1. The summed E-state index contributed by atoms with van der Waals surface area (Å²) in [5, 5.41) is 1.44. The standard InChI is InChI=1S/C16H11ClFNO/c17-11-4-5-13-14(9-19-15(13)8-11)16(20)7-10-2-1-3-12(18)6-10/h1-6,8-9,19H,7H2. The quantitative estimate of drug-likeness (QED) is 0.712. The molecule has 100 valence electrons. The molecule has 0 saturated heterocycles. The first kappa shape index (κ1) is 12.9. The minimum atomic E-state index is -0.332. The van der Waals surface area contributed by atoms with Gasteiger partial charge in [-0.3, -0.25) is 4.79 Å². The maximum Gasteiger partial charge on any atom is 0.169 e. The first-order valence-corrected chi connectivity index (χ1v) is 6.55. The maximum atomic E-state index is 13.1. The normalized spacial score (nSPS) is 10.9. The fourth-order valence-electron chi connectivity index (χ4n) is 2.26. The lowest BCUT2D eigenvalue weighted by Crippen LogP contribution is -2.02. The van der Waals surface area contributed by atoms with Gasteiger partial charge in [0.15, 0.2) is 5.78 Å². The van der Waals surface area contributed by atoms with Crippen LogP contribution in [-0.4, -0.2) is 10.8 Å². The highest BCUT2D eigenvalue weighted by atomic mass is 35.5. The summed E-state index contributed by atoms with van der Waals surface area (Å²) >= 11 is 5.91. The highest BCUT2D eigenvalue weighted by molar-refractivity contribution is 6.31. The van der Waals surface area contributed by atoms with Crippen LogP contribution in [0.3, 0.4) is 0 Å². The number of rotatable bonds is 3. The summed E-state index contributed by atoms with van der Waals surface area (Å²) in [5.74, 6) is -0.384. The van der Waals surface area contributed by atoms with Gasteiger partial charge in [0.1, 0.15) is 5.82 Å². The zero-order valence-corrected chi connectivity index (χ0v) is 11.2. The number of halogens is 2. The average Bonchev–Trinajstić information content (AvgIpc) is 2.81. The molecule has 0 radical (unpaired) electrons. The summed E-state index contributed by atoms with van der Waals surface area (Å²) < 4.78 is 13.1. The molecule has 3 rings (SSSR count). The lowest BCUT2D eigenvalue weighted by molar-refractivity contribution is 0.0994. The molecule has 4 heteroatoms. The van der Waals surface area contributed by atoms with E-state index in [-0.39, 0.29) is 18.0 Å². The average molecular weight is 288 g/mol. The van der Waals surface area contributed by atoms with Gasteiger partial charge in [-0.2, -0.15) is 0 Å². The van der Waals surface area contributed by atoms with Crippen molar-refractivity contribution in [1.29, 1.82) is 0 Å². The van der Waals surface area contributed by atoms with Gasteiger partial charge in [0.05, 0.1) is 0 Å². The number of hydrogen-bond acceptors (Lipinski definition) is 1. The van der Waals surface area contributed by atoms with Crippen LogP contribution in [0.4, 0.5) is 4.39 Å². The summed E-state index contributed by atoms with van der Waals surface area (Å²) in [6.45, 7) is 0. The van der Waals surface area contributed by atoms with Crippen molar-refractivity contribution >= 4 is 28.3 Å². The van der Waals surface area contributed by atoms with Gasteiger partial charge in [-0.25, -0.2) is 4.39 Å². The molecule has 0 bridgehead atoms. The van der Waals surface area contributed by atoms with Crippen molar-refractivity contribution < 1.29 is 9.18 Å². The van der Waals surface area contributed by atoms with E-state index in [0.29, 0.717) is 16.1 Å². The van der Waals surface area contributed by atoms with Crippen LogP contribution in [0, 0.1) is 5.82 Å². The summed E-state index contributed by atoms with van der Waals surface area (Å²) in [6, 6.07) is 11.4. The summed E-state index contributed by atoms with van der Waals surface area (Å²) in [6.07, 6.45) is 1.84. The van der Waals surface area contributed by atoms with E-state index in [4.69, 9.17) is 11.6 Å². The van der Waals surface area contributed by atoms with E-state index in [0.717, 1.165) is 10.9 Å². The fraction of sp³-hybridized carbons (Fsp3) is 0.0625. The largest absolute Gasteiger partial charge is 0.360 e. The molecule has 0 aliphatic heterocycles. The number of carbonyl (C=O) groups is 1. The van der Waals surface area contributed by atoms with Gasteiger partial charge >= 0.3 is 0 Å². The number of aromatic nitrogens is 1. The molecule has 0 saturated carbocycles. The van der Waals surface area contributed by atoms with E-state index in [9.17, 15) is 9.18 Å². The molecule has 0 amide bonds. The van der Waals surface area contributed by atoms with Gasteiger partial charge in [0, 0.05) is 34.1 Å². The Labute approximate surface area is 120 Å². The third-order valence-corrected chi connectivity index (χ3v) is 3.43. The van der Waals surface area contributed by atoms with Crippen LogP contribution >= 0.6 is 11.6 Å². The molecule has 1 heterocycles. The van der Waals surface area contributed by atoms with E-state index >= 15 is 0 Å².